The highest BCUT2D eigenvalue weighted by molar-refractivity contribution is 5.74. The summed E-state index contributed by atoms with van der Waals surface area (Å²) in [7, 11) is 0. The van der Waals surface area contributed by atoms with E-state index in [-0.39, 0.29) is 18.6 Å². The van der Waals surface area contributed by atoms with Crippen LogP contribution in [-0.2, 0) is 5.60 Å². The molecule has 0 bridgehead atoms. The lowest BCUT2D eigenvalue weighted by Gasteiger charge is -2.25. The largest absolute Gasteiger partial charge is 0.384 e. The number of nitrogens with zero attached hydrogens (tertiary/aromatic N) is 1. The van der Waals surface area contributed by atoms with Crippen molar-refractivity contribution in [2.45, 2.75) is 31.9 Å². The van der Waals surface area contributed by atoms with Crippen molar-refractivity contribution in [1.82, 2.24) is 15.6 Å². The van der Waals surface area contributed by atoms with Crippen LogP contribution >= 0.6 is 0 Å². The van der Waals surface area contributed by atoms with Crippen molar-refractivity contribution in [2.75, 3.05) is 6.54 Å². The number of amides is 2. The minimum Gasteiger partial charge on any atom is -0.384 e. The first-order valence-electron chi connectivity index (χ1n) is 7.75. The Bertz CT molecular complexity index is 615. The number of aromatic nitrogens is 1. The van der Waals surface area contributed by atoms with Crippen LogP contribution in [0.25, 0.3) is 0 Å². The highest BCUT2D eigenvalue weighted by atomic mass is 16.3. The summed E-state index contributed by atoms with van der Waals surface area (Å²) in [4.78, 5) is 16.1. The Kier molecular flexibility index (Phi) is 5.71. The molecule has 0 fully saturated rings. The van der Waals surface area contributed by atoms with E-state index in [9.17, 15) is 9.90 Å². The molecule has 1 aromatic heterocycles. The Labute approximate surface area is 136 Å². The van der Waals surface area contributed by atoms with E-state index >= 15 is 0 Å². The van der Waals surface area contributed by atoms with E-state index in [2.05, 4.69) is 15.6 Å². The molecular weight excluding hydrogens is 290 g/mol. The van der Waals surface area contributed by atoms with E-state index in [4.69, 9.17) is 0 Å². The molecule has 23 heavy (non-hydrogen) atoms. The quantitative estimate of drug-likeness (QED) is 0.767. The van der Waals surface area contributed by atoms with Crippen LogP contribution in [0.1, 0.15) is 37.4 Å². The van der Waals surface area contributed by atoms with Crippen LogP contribution in [0.5, 0.6) is 0 Å². The van der Waals surface area contributed by atoms with Crippen molar-refractivity contribution >= 4 is 6.03 Å². The Morgan fingerprint density at radius 2 is 1.87 bits per heavy atom. The van der Waals surface area contributed by atoms with E-state index < -0.39 is 5.60 Å². The van der Waals surface area contributed by atoms with E-state index in [0.717, 1.165) is 17.5 Å². The number of rotatable bonds is 6. The van der Waals surface area contributed by atoms with E-state index in [1.807, 2.05) is 49.4 Å². The zero-order valence-corrected chi connectivity index (χ0v) is 13.5. The topological polar surface area (TPSA) is 74.2 Å². The summed E-state index contributed by atoms with van der Waals surface area (Å²) in [5.41, 5.74) is 0.658. The van der Waals surface area contributed by atoms with E-state index in [0.29, 0.717) is 0 Å². The summed E-state index contributed by atoms with van der Waals surface area (Å²) >= 11 is 0. The van der Waals surface area contributed by atoms with Gasteiger partial charge in [0.25, 0.3) is 0 Å². The fourth-order valence-electron chi connectivity index (χ4n) is 2.38. The summed E-state index contributed by atoms with van der Waals surface area (Å²) in [5, 5.41) is 16.2. The van der Waals surface area contributed by atoms with Gasteiger partial charge in [-0.3, -0.25) is 4.98 Å². The fraction of sp³-hybridized carbons (Fsp3) is 0.333. The summed E-state index contributed by atoms with van der Waals surface area (Å²) in [6.45, 7) is 3.82. The fourth-order valence-corrected chi connectivity index (χ4v) is 2.38. The zero-order valence-electron chi connectivity index (χ0n) is 13.5. The minimum atomic E-state index is -1.11. The molecule has 2 unspecified atom stereocenters. The molecule has 2 atom stereocenters. The van der Waals surface area contributed by atoms with Crippen LogP contribution in [0.2, 0.25) is 0 Å². The molecule has 0 radical (unpaired) electrons. The monoisotopic (exact) mass is 313 g/mol. The Hall–Kier alpha value is -2.40. The van der Waals surface area contributed by atoms with Gasteiger partial charge in [0.2, 0.25) is 0 Å². The van der Waals surface area contributed by atoms with Gasteiger partial charge in [0.05, 0.1) is 12.6 Å². The molecule has 0 aliphatic carbocycles. The number of nitrogens with one attached hydrogen (secondary N) is 2. The van der Waals surface area contributed by atoms with Gasteiger partial charge >= 0.3 is 6.03 Å². The SMILES string of the molecule is CCC(NC(=O)NCC(C)(O)c1ccccc1)c1ccncc1. The van der Waals surface area contributed by atoms with Gasteiger partial charge in [-0.15, -0.1) is 0 Å². The number of carbonyl (C=O) groups is 1. The Morgan fingerprint density at radius 3 is 2.48 bits per heavy atom. The normalized spacial score (nSPS) is 14.6. The molecule has 1 heterocycles. The first-order chi connectivity index (χ1) is 11.0. The first kappa shape index (κ1) is 17.0. The lowest BCUT2D eigenvalue weighted by molar-refractivity contribution is 0.0592. The Balaban J connectivity index is 1.92. The third kappa shape index (κ3) is 4.79. The van der Waals surface area contributed by atoms with Gasteiger partial charge in [0.15, 0.2) is 0 Å². The highest BCUT2D eigenvalue weighted by Crippen LogP contribution is 2.19. The Morgan fingerprint density at radius 1 is 1.22 bits per heavy atom. The summed E-state index contributed by atoms with van der Waals surface area (Å²) < 4.78 is 0. The van der Waals surface area contributed by atoms with Crippen LogP contribution < -0.4 is 10.6 Å². The zero-order chi connectivity index (χ0) is 16.7. The second kappa shape index (κ2) is 7.74. The maximum absolute atomic E-state index is 12.1. The molecule has 0 saturated heterocycles. The lowest BCUT2D eigenvalue weighted by atomic mass is 9.96. The van der Waals surface area contributed by atoms with Crippen LogP contribution in [0.15, 0.2) is 54.9 Å². The predicted octanol–water partition coefficient (Wildman–Crippen LogP) is 2.74. The number of aliphatic hydroxyl groups is 1. The summed E-state index contributed by atoms with van der Waals surface area (Å²) in [6.07, 6.45) is 4.18. The molecule has 122 valence electrons. The predicted molar refractivity (Wildman–Crippen MR) is 89.8 cm³/mol. The highest BCUT2D eigenvalue weighted by Gasteiger charge is 2.24. The van der Waals surface area contributed by atoms with Gasteiger partial charge in [-0.25, -0.2) is 4.79 Å². The minimum absolute atomic E-state index is 0.0836. The van der Waals surface area contributed by atoms with Gasteiger partial charge in [0, 0.05) is 12.4 Å². The van der Waals surface area contributed by atoms with E-state index in [1.54, 1.807) is 19.3 Å². The number of hydrogen-bond donors (Lipinski definition) is 3. The third-order valence-corrected chi connectivity index (χ3v) is 3.81. The molecule has 0 spiro atoms. The van der Waals surface area contributed by atoms with Gasteiger partial charge in [-0.05, 0) is 36.6 Å². The van der Waals surface area contributed by atoms with Gasteiger partial charge in [-0.1, -0.05) is 37.3 Å². The average molecular weight is 313 g/mol. The van der Waals surface area contributed by atoms with Crippen LogP contribution in [0.3, 0.4) is 0 Å². The number of pyridine rings is 1. The van der Waals surface area contributed by atoms with Crippen molar-refractivity contribution < 1.29 is 9.90 Å². The van der Waals surface area contributed by atoms with Gasteiger partial charge in [0.1, 0.15) is 5.60 Å². The van der Waals surface area contributed by atoms with Crippen molar-refractivity contribution in [3.05, 3.63) is 66.0 Å². The van der Waals surface area contributed by atoms with Gasteiger partial charge in [-0.2, -0.15) is 0 Å². The van der Waals surface area contributed by atoms with Crippen molar-refractivity contribution in [3.63, 3.8) is 0 Å². The molecule has 2 aromatic rings. The standard InChI is InChI=1S/C18H23N3O2/c1-3-16(14-9-11-19-12-10-14)21-17(22)20-13-18(2,23)15-7-5-4-6-8-15/h4-12,16,23H,3,13H2,1-2H3,(H2,20,21,22). The van der Waals surface area contributed by atoms with Crippen LogP contribution in [-0.4, -0.2) is 22.7 Å². The second-order valence-electron chi connectivity index (χ2n) is 5.71. The molecule has 0 saturated carbocycles. The van der Waals surface area contributed by atoms with Crippen molar-refractivity contribution in [1.29, 1.82) is 0 Å². The number of urea groups is 1. The van der Waals surface area contributed by atoms with Gasteiger partial charge < -0.3 is 15.7 Å². The molecule has 0 aliphatic heterocycles. The molecule has 5 nitrogen and oxygen atoms in total. The average Bonchev–Trinajstić information content (AvgIpc) is 2.59. The van der Waals surface area contributed by atoms with Crippen LogP contribution in [0, 0.1) is 0 Å². The smallest absolute Gasteiger partial charge is 0.315 e. The maximum atomic E-state index is 12.1. The van der Waals surface area contributed by atoms with Crippen LogP contribution in [0.4, 0.5) is 4.79 Å². The van der Waals surface area contributed by atoms with Crippen molar-refractivity contribution in [3.8, 4) is 0 Å². The number of hydrogen-bond acceptors (Lipinski definition) is 3. The third-order valence-electron chi connectivity index (χ3n) is 3.81. The molecule has 2 rings (SSSR count). The number of benzene rings is 1. The molecule has 5 heteroatoms. The second-order valence-corrected chi connectivity index (χ2v) is 5.71. The van der Waals surface area contributed by atoms with E-state index in [1.165, 1.54) is 0 Å². The lowest BCUT2D eigenvalue weighted by Crippen LogP contribution is -2.44. The number of carbonyl (C=O) groups excluding carboxylic acids is 1. The summed E-state index contributed by atoms with van der Waals surface area (Å²) in [5.74, 6) is 0. The molecule has 3 N–H and O–H groups in total. The van der Waals surface area contributed by atoms with Crippen molar-refractivity contribution in [2.24, 2.45) is 0 Å². The molecule has 0 aliphatic rings. The summed E-state index contributed by atoms with van der Waals surface area (Å²) in [6, 6.07) is 12.7. The molecule has 2 amide bonds. The molecule has 1 aromatic carbocycles. The molecular formula is C18H23N3O2. The first-order valence-corrected chi connectivity index (χ1v) is 7.75. The maximum Gasteiger partial charge on any atom is 0.315 e.